The molecule has 0 aliphatic carbocycles. The summed E-state index contributed by atoms with van der Waals surface area (Å²) in [5, 5.41) is 11.9. The van der Waals surface area contributed by atoms with Gasteiger partial charge in [-0.15, -0.1) is 10.2 Å². The molecule has 0 atom stereocenters. The average Bonchev–Trinajstić information content (AvgIpc) is 3.11. The molecule has 0 radical (unpaired) electrons. The fourth-order valence-electron chi connectivity index (χ4n) is 2.54. The van der Waals surface area contributed by atoms with Gasteiger partial charge in [-0.1, -0.05) is 23.4 Å². The highest BCUT2D eigenvalue weighted by atomic mass is 35.5. The number of halogens is 1. The molecule has 1 amide bonds. The number of carbonyl (C=O) groups excluding carboxylic acids is 1. The number of benzene rings is 1. The SMILES string of the molecule is CCn1c(SCC(=O)Nc2cc(S(C)(=O)=O)ccc2Cl)nnc1-c1ccncc1. The molecule has 0 fully saturated rings. The summed E-state index contributed by atoms with van der Waals surface area (Å²) in [4.78, 5) is 16.4. The number of aromatic nitrogens is 4. The molecule has 11 heteroatoms. The maximum atomic E-state index is 12.4. The number of hydrogen-bond acceptors (Lipinski definition) is 7. The normalized spacial score (nSPS) is 11.4. The van der Waals surface area contributed by atoms with Gasteiger partial charge >= 0.3 is 0 Å². The van der Waals surface area contributed by atoms with Gasteiger partial charge in [0.2, 0.25) is 5.91 Å². The first-order valence-electron chi connectivity index (χ1n) is 8.55. The van der Waals surface area contributed by atoms with E-state index in [0.29, 0.717) is 17.5 Å². The Hall–Kier alpha value is -2.43. The number of rotatable bonds is 7. The molecular weight excluding hydrogens is 434 g/mol. The summed E-state index contributed by atoms with van der Waals surface area (Å²) >= 11 is 7.31. The van der Waals surface area contributed by atoms with Crippen molar-refractivity contribution in [2.45, 2.75) is 23.5 Å². The second-order valence-electron chi connectivity index (χ2n) is 6.04. The van der Waals surface area contributed by atoms with Gasteiger partial charge in [0.05, 0.1) is 21.4 Å². The van der Waals surface area contributed by atoms with Crippen LogP contribution in [-0.2, 0) is 21.2 Å². The first kappa shape index (κ1) is 21.3. The van der Waals surface area contributed by atoms with Crippen LogP contribution >= 0.6 is 23.4 Å². The van der Waals surface area contributed by atoms with Crippen LogP contribution in [0.4, 0.5) is 5.69 Å². The summed E-state index contributed by atoms with van der Waals surface area (Å²) < 4.78 is 25.3. The number of amides is 1. The zero-order valence-electron chi connectivity index (χ0n) is 15.7. The molecule has 1 N–H and O–H groups in total. The number of nitrogens with zero attached hydrogens (tertiary/aromatic N) is 4. The van der Waals surface area contributed by atoms with Gasteiger partial charge in [-0.25, -0.2) is 8.42 Å². The van der Waals surface area contributed by atoms with Crippen LogP contribution in [0.3, 0.4) is 0 Å². The zero-order chi connectivity index (χ0) is 21.0. The minimum atomic E-state index is -3.41. The van der Waals surface area contributed by atoms with Crippen molar-refractivity contribution in [3.8, 4) is 11.4 Å². The molecule has 0 unspecified atom stereocenters. The Balaban J connectivity index is 1.71. The molecule has 2 aromatic heterocycles. The van der Waals surface area contributed by atoms with Gasteiger partial charge in [-0.05, 0) is 37.3 Å². The predicted octanol–water partition coefficient (Wildman–Crippen LogP) is 3.15. The largest absolute Gasteiger partial charge is 0.324 e. The van der Waals surface area contributed by atoms with Crippen molar-refractivity contribution in [1.29, 1.82) is 0 Å². The molecule has 0 saturated carbocycles. The van der Waals surface area contributed by atoms with Gasteiger partial charge in [-0.2, -0.15) is 0 Å². The van der Waals surface area contributed by atoms with Gasteiger partial charge in [0.1, 0.15) is 0 Å². The molecule has 2 heterocycles. The summed E-state index contributed by atoms with van der Waals surface area (Å²) in [7, 11) is -3.41. The van der Waals surface area contributed by atoms with Crippen molar-refractivity contribution in [3.63, 3.8) is 0 Å². The average molecular weight is 452 g/mol. The number of nitrogens with one attached hydrogen (secondary N) is 1. The highest BCUT2D eigenvalue weighted by Crippen LogP contribution is 2.27. The molecule has 8 nitrogen and oxygen atoms in total. The van der Waals surface area contributed by atoms with Crippen molar-refractivity contribution in [2.24, 2.45) is 0 Å². The molecular formula is C18H18ClN5O3S2. The fraction of sp³-hybridized carbons (Fsp3) is 0.222. The Morgan fingerprint density at radius 3 is 2.59 bits per heavy atom. The van der Waals surface area contributed by atoms with E-state index >= 15 is 0 Å². The van der Waals surface area contributed by atoms with Crippen LogP contribution in [0.2, 0.25) is 5.02 Å². The van der Waals surface area contributed by atoms with Crippen LogP contribution in [0.5, 0.6) is 0 Å². The van der Waals surface area contributed by atoms with Gasteiger partial charge < -0.3 is 9.88 Å². The van der Waals surface area contributed by atoms with Gasteiger partial charge in [0.15, 0.2) is 20.8 Å². The monoisotopic (exact) mass is 451 g/mol. The van der Waals surface area contributed by atoms with E-state index in [-0.39, 0.29) is 27.3 Å². The van der Waals surface area contributed by atoms with E-state index in [2.05, 4.69) is 20.5 Å². The van der Waals surface area contributed by atoms with Crippen molar-refractivity contribution in [1.82, 2.24) is 19.7 Å². The zero-order valence-corrected chi connectivity index (χ0v) is 18.1. The van der Waals surface area contributed by atoms with Crippen LogP contribution in [0.1, 0.15) is 6.92 Å². The smallest absolute Gasteiger partial charge is 0.234 e. The molecule has 0 aliphatic heterocycles. The Bertz CT molecular complexity index is 1130. The van der Waals surface area contributed by atoms with Gasteiger partial charge in [-0.3, -0.25) is 9.78 Å². The van der Waals surface area contributed by atoms with Crippen LogP contribution in [0, 0.1) is 0 Å². The van der Waals surface area contributed by atoms with E-state index in [1.54, 1.807) is 12.4 Å². The molecule has 0 saturated heterocycles. The number of hydrogen-bond donors (Lipinski definition) is 1. The molecule has 0 bridgehead atoms. The highest BCUT2D eigenvalue weighted by Gasteiger charge is 2.16. The number of anilines is 1. The van der Waals surface area contributed by atoms with E-state index in [1.165, 1.54) is 30.0 Å². The Morgan fingerprint density at radius 2 is 1.93 bits per heavy atom. The number of carbonyl (C=O) groups is 1. The molecule has 0 aliphatic rings. The Morgan fingerprint density at radius 1 is 1.21 bits per heavy atom. The van der Waals surface area contributed by atoms with E-state index in [4.69, 9.17) is 11.6 Å². The second-order valence-corrected chi connectivity index (χ2v) is 9.40. The standard InChI is InChI=1S/C18H18ClN5O3S2/c1-3-24-17(12-6-8-20-9-7-12)22-23-18(24)28-11-16(25)21-15-10-13(29(2,26)27)4-5-14(15)19/h4-10H,3,11H2,1-2H3,(H,21,25). The van der Waals surface area contributed by atoms with Crippen molar-refractivity contribution >= 4 is 44.8 Å². The van der Waals surface area contributed by atoms with Crippen LogP contribution in [-0.4, -0.2) is 46.1 Å². The Kier molecular flexibility index (Phi) is 6.56. The predicted molar refractivity (Wildman–Crippen MR) is 113 cm³/mol. The molecule has 152 valence electrons. The molecule has 3 rings (SSSR count). The third-order valence-electron chi connectivity index (χ3n) is 3.94. The van der Waals surface area contributed by atoms with E-state index in [0.717, 1.165) is 11.8 Å². The van der Waals surface area contributed by atoms with E-state index in [9.17, 15) is 13.2 Å². The topological polar surface area (TPSA) is 107 Å². The molecule has 29 heavy (non-hydrogen) atoms. The molecule has 0 spiro atoms. The second kappa shape index (κ2) is 8.93. The summed E-state index contributed by atoms with van der Waals surface area (Å²) in [6, 6.07) is 7.86. The minimum absolute atomic E-state index is 0.0634. The summed E-state index contributed by atoms with van der Waals surface area (Å²) in [5.41, 5.74) is 1.13. The molecule has 1 aromatic carbocycles. The lowest BCUT2D eigenvalue weighted by Crippen LogP contribution is -2.15. The van der Waals surface area contributed by atoms with E-state index < -0.39 is 9.84 Å². The summed E-state index contributed by atoms with van der Waals surface area (Å²) in [6.07, 6.45) is 4.45. The lowest BCUT2D eigenvalue weighted by molar-refractivity contribution is -0.113. The molecule has 3 aromatic rings. The van der Waals surface area contributed by atoms with Gasteiger partial charge in [0, 0.05) is 30.8 Å². The number of sulfone groups is 1. The third kappa shape index (κ3) is 5.14. The van der Waals surface area contributed by atoms with Gasteiger partial charge in [0.25, 0.3) is 0 Å². The van der Waals surface area contributed by atoms with Crippen LogP contribution < -0.4 is 5.32 Å². The highest BCUT2D eigenvalue weighted by molar-refractivity contribution is 7.99. The lowest BCUT2D eigenvalue weighted by Gasteiger charge is -2.09. The van der Waals surface area contributed by atoms with Crippen molar-refractivity contribution < 1.29 is 13.2 Å². The first-order valence-corrected chi connectivity index (χ1v) is 11.8. The summed E-state index contributed by atoms with van der Waals surface area (Å²) in [6.45, 7) is 2.60. The first-order chi connectivity index (χ1) is 13.8. The lowest BCUT2D eigenvalue weighted by atomic mass is 10.2. The Labute approximate surface area is 177 Å². The van der Waals surface area contributed by atoms with Crippen LogP contribution in [0.15, 0.2) is 52.8 Å². The van der Waals surface area contributed by atoms with Crippen molar-refractivity contribution in [2.75, 3.05) is 17.3 Å². The maximum Gasteiger partial charge on any atom is 0.234 e. The summed E-state index contributed by atoms with van der Waals surface area (Å²) in [5.74, 6) is 0.425. The third-order valence-corrected chi connectivity index (χ3v) is 6.35. The fourth-order valence-corrected chi connectivity index (χ4v) is 4.16. The van der Waals surface area contributed by atoms with Crippen LogP contribution in [0.25, 0.3) is 11.4 Å². The maximum absolute atomic E-state index is 12.4. The quantitative estimate of drug-likeness (QED) is 0.550. The van der Waals surface area contributed by atoms with Crippen molar-refractivity contribution in [3.05, 3.63) is 47.7 Å². The van der Waals surface area contributed by atoms with E-state index in [1.807, 2.05) is 23.6 Å². The number of pyridine rings is 1. The number of thioether (sulfide) groups is 1. The minimum Gasteiger partial charge on any atom is -0.324 e.